The fraction of sp³-hybridized carbons (Fsp3) is 0.588. The average Bonchev–Trinajstić information content (AvgIpc) is 2.39. The summed E-state index contributed by atoms with van der Waals surface area (Å²) in [5.41, 5.74) is 1.40. The fourth-order valence-electron chi connectivity index (χ4n) is 2.60. The number of nitrogens with zero attached hydrogens (tertiary/aromatic N) is 1. The fourth-order valence-corrected chi connectivity index (χ4v) is 2.60. The average molecular weight is 257 g/mol. The lowest BCUT2D eigenvalue weighted by Gasteiger charge is -2.28. The van der Waals surface area contributed by atoms with E-state index < -0.39 is 0 Å². The van der Waals surface area contributed by atoms with Crippen LogP contribution in [-0.2, 0) is 5.41 Å². The molecule has 0 spiro atoms. The van der Waals surface area contributed by atoms with Crippen LogP contribution >= 0.6 is 0 Å². The Bertz CT molecular complexity index is 467. The Kier molecular flexibility index (Phi) is 4.14. The minimum atomic E-state index is 0.0482. The Morgan fingerprint density at radius 1 is 1.21 bits per heavy atom. The van der Waals surface area contributed by atoms with Crippen LogP contribution in [0, 0.1) is 17.2 Å². The van der Waals surface area contributed by atoms with E-state index in [4.69, 9.17) is 4.74 Å². The van der Waals surface area contributed by atoms with Crippen molar-refractivity contribution in [1.82, 2.24) is 0 Å². The van der Waals surface area contributed by atoms with Crippen LogP contribution in [0.1, 0.15) is 52.0 Å². The van der Waals surface area contributed by atoms with E-state index >= 15 is 0 Å². The number of nitriles is 1. The maximum absolute atomic E-state index is 9.19. The molecule has 1 saturated carbocycles. The minimum Gasteiger partial charge on any atom is -0.489 e. The molecule has 1 aromatic rings. The van der Waals surface area contributed by atoms with Crippen LogP contribution in [-0.4, -0.2) is 6.10 Å². The highest BCUT2D eigenvalue weighted by Gasteiger charge is 2.26. The molecular formula is C17H23NO. The minimum absolute atomic E-state index is 0.0482. The predicted molar refractivity (Wildman–Crippen MR) is 77.1 cm³/mol. The molecule has 0 aromatic heterocycles. The van der Waals surface area contributed by atoms with Crippen molar-refractivity contribution in [3.8, 4) is 11.8 Å². The van der Waals surface area contributed by atoms with Crippen LogP contribution < -0.4 is 4.74 Å². The Hall–Kier alpha value is -1.49. The summed E-state index contributed by atoms with van der Waals surface area (Å²) in [5, 5.41) is 9.19. The number of benzene rings is 1. The van der Waals surface area contributed by atoms with Crippen molar-refractivity contribution in [3.63, 3.8) is 0 Å². The van der Waals surface area contributed by atoms with Crippen molar-refractivity contribution >= 4 is 0 Å². The maximum Gasteiger partial charge on any atom is 0.120 e. The van der Waals surface area contributed by atoms with Gasteiger partial charge in [0.1, 0.15) is 11.9 Å². The molecule has 1 aliphatic rings. The van der Waals surface area contributed by atoms with Crippen LogP contribution in [0.25, 0.3) is 0 Å². The van der Waals surface area contributed by atoms with Gasteiger partial charge in [-0.15, -0.1) is 0 Å². The molecule has 2 unspecified atom stereocenters. The monoisotopic (exact) mass is 257 g/mol. The lowest BCUT2D eigenvalue weighted by Crippen LogP contribution is -2.29. The van der Waals surface area contributed by atoms with Gasteiger partial charge in [0.05, 0.1) is 12.0 Å². The lowest BCUT2D eigenvalue weighted by atomic mass is 9.86. The molecule has 0 aliphatic heterocycles. The van der Waals surface area contributed by atoms with Crippen LogP contribution in [0.2, 0.25) is 0 Å². The van der Waals surface area contributed by atoms with Crippen molar-refractivity contribution in [1.29, 1.82) is 5.26 Å². The first-order chi connectivity index (χ1) is 9.00. The van der Waals surface area contributed by atoms with E-state index in [1.807, 2.05) is 12.1 Å². The second kappa shape index (κ2) is 5.65. The standard InChI is InChI=1S/C17H23NO/c1-17(2,3)14-8-6-9-15(11-14)19-16-10-5-4-7-13(16)12-18/h6,8-9,11,13,16H,4-5,7,10H2,1-3H3. The van der Waals surface area contributed by atoms with Gasteiger partial charge < -0.3 is 4.74 Å². The van der Waals surface area contributed by atoms with Crippen molar-refractivity contribution in [2.45, 2.75) is 58.0 Å². The van der Waals surface area contributed by atoms with Crippen molar-refractivity contribution in [2.75, 3.05) is 0 Å². The van der Waals surface area contributed by atoms with Crippen LogP contribution in [0.4, 0.5) is 0 Å². The third kappa shape index (κ3) is 3.50. The molecule has 0 bridgehead atoms. The first-order valence-electron chi connectivity index (χ1n) is 7.17. The Morgan fingerprint density at radius 2 is 1.95 bits per heavy atom. The molecular weight excluding hydrogens is 234 g/mol. The van der Waals surface area contributed by atoms with Gasteiger partial charge in [0.15, 0.2) is 0 Å². The highest BCUT2D eigenvalue weighted by atomic mass is 16.5. The SMILES string of the molecule is CC(C)(C)c1cccc(OC2CCCCC2C#N)c1. The number of rotatable bonds is 2. The summed E-state index contributed by atoms with van der Waals surface area (Å²) in [6.45, 7) is 6.60. The first kappa shape index (κ1) is 13.9. The highest BCUT2D eigenvalue weighted by molar-refractivity contribution is 5.32. The molecule has 0 saturated heterocycles. The molecule has 1 fully saturated rings. The molecule has 1 aromatic carbocycles. The van der Waals surface area contributed by atoms with E-state index in [0.717, 1.165) is 25.0 Å². The van der Waals surface area contributed by atoms with E-state index in [9.17, 15) is 5.26 Å². The molecule has 2 rings (SSSR count). The second-order valence-corrected chi connectivity index (χ2v) is 6.45. The van der Waals surface area contributed by atoms with E-state index in [2.05, 4.69) is 39.0 Å². The zero-order chi connectivity index (χ0) is 13.9. The third-order valence-electron chi connectivity index (χ3n) is 3.86. The lowest BCUT2D eigenvalue weighted by molar-refractivity contribution is 0.120. The Morgan fingerprint density at radius 3 is 2.63 bits per heavy atom. The molecule has 1 aliphatic carbocycles. The van der Waals surface area contributed by atoms with Gasteiger partial charge in [-0.3, -0.25) is 0 Å². The highest BCUT2D eigenvalue weighted by Crippen LogP contribution is 2.30. The normalized spacial score (nSPS) is 23.7. The molecule has 0 radical (unpaired) electrons. The second-order valence-electron chi connectivity index (χ2n) is 6.45. The number of ether oxygens (including phenoxy) is 1. The van der Waals surface area contributed by atoms with E-state index in [1.165, 1.54) is 12.0 Å². The van der Waals surface area contributed by atoms with Gasteiger partial charge >= 0.3 is 0 Å². The zero-order valence-electron chi connectivity index (χ0n) is 12.1. The molecule has 0 N–H and O–H groups in total. The third-order valence-corrected chi connectivity index (χ3v) is 3.86. The van der Waals surface area contributed by atoms with Crippen LogP contribution in [0.3, 0.4) is 0 Å². The summed E-state index contributed by atoms with van der Waals surface area (Å²) >= 11 is 0. The summed E-state index contributed by atoms with van der Waals surface area (Å²) in [7, 11) is 0. The summed E-state index contributed by atoms with van der Waals surface area (Å²) < 4.78 is 6.07. The van der Waals surface area contributed by atoms with Crippen molar-refractivity contribution in [2.24, 2.45) is 5.92 Å². The smallest absolute Gasteiger partial charge is 0.120 e. The summed E-state index contributed by atoms with van der Waals surface area (Å²) in [6, 6.07) is 10.7. The van der Waals surface area contributed by atoms with Crippen molar-refractivity contribution < 1.29 is 4.74 Å². The molecule has 0 amide bonds. The number of hydrogen-bond donors (Lipinski definition) is 0. The van der Waals surface area contributed by atoms with Crippen LogP contribution in [0.5, 0.6) is 5.75 Å². The summed E-state index contributed by atoms with van der Waals surface area (Å²) in [4.78, 5) is 0. The van der Waals surface area contributed by atoms with Crippen molar-refractivity contribution in [3.05, 3.63) is 29.8 Å². The Labute approximate surface area is 116 Å². The van der Waals surface area contributed by atoms with Gasteiger partial charge in [0.2, 0.25) is 0 Å². The van der Waals surface area contributed by atoms with Gasteiger partial charge in [-0.2, -0.15) is 5.26 Å². The summed E-state index contributed by atoms with van der Waals surface area (Å²) in [6.07, 6.45) is 4.36. The predicted octanol–water partition coefficient (Wildman–Crippen LogP) is 4.45. The molecule has 2 nitrogen and oxygen atoms in total. The maximum atomic E-state index is 9.19. The first-order valence-corrected chi connectivity index (χ1v) is 7.17. The Balaban J connectivity index is 2.12. The van der Waals surface area contributed by atoms with E-state index in [-0.39, 0.29) is 17.4 Å². The molecule has 2 heteroatoms. The van der Waals surface area contributed by atoms with Crippen LogP contribution in [0.15, 0.2) is 24.3 Å². The molecule has 102 valence electrons. The largest absolute Gasteiger partial charge is 0.489 e. The van der Waals surface area contributed by atoms with E-state index in [0.29, 0.717) is 0 Å². The van der Waals surface area contributed by atoms with Gasteiger partial charge in [0, 0.05) is 0 Å². The topological polar surface area (TPSA) is 33.0 Å². The number of hydrogen-bond acceptors (Lipinski definition) is 2. The quantitative estimate of drug-likeness (QED) is 0.784. The molecule has 0 heterocycles. The van der Waals surface area contributed by atoms with E-state index in [1.54, 1.807) is 0 Å². The zero-order valence-corrected chi connectivity index (χ0v) is 12.1. The van der Waals surface area contributed by atoms with Gasteiger partial charge in [-0.25, -0.2) is 0 Å². The summed E-state index contributed by atoms with van der Waals surface area (Å²) in [5.74, 6) is 0.951. The van der Waals surface area contributed by atoms with Gasteiger partial charge in [-0.05, 0) is 42.4 Å². The molecule has 19 heavy (non-hydrogen) atoms. The van der Waals surface area contributed by atoms with Gasteiger partial charge in [-0.1, -0.05) is 39.3 Å². The van der Waals surface area contributed by atoms with Gasteiger partial charge in [0.25, 0.3) is 0 Å². The molecule has 2 atom stereocenters.